The predicted molar refractivity (Wildman–Crippen MR) is 186 cm³/mol. The molecule has 10 nitrogen and oxygen atoms in total. The van der Waals surface area contributed by atoms with E-state index in [1.54, 1.807) is 17.2 Å². The quantitative estimate of drug-likeness (QED) is 0.324. The summed E-state index contributed by atoms with van der Waals surface area (Å²) < 4.78 is 22.6. The van der Waals surface area contributed by atoms with E-state index in [-0.39, 0.29) is 42.0 Å². The normalized spacial score (nSPS) is 25.7. The van der Waals surface area contributed by atoms with Crippen molar-refractivity contribution >= 4 is 29.1 Å². The lowest BCUT2D eigenvalue weighted by Crippen LogP contribution is -2.65. The first kappa shape index (κ1) is 33.4. The highest BCUT2D eigenvalue weighted by Gasteiger charge is 2.50. The molecule has 3 atom stereocenters. The van der Waals surface area contributed by atoms with Crippen LogP contribution in [0.25, 0.3) is 16.6 Å². The monoisotopic (exact) mass is 672 g/mol. The highest BCUT2D eigenvalue weighted by Crippen LogP contribution is 2.42. The molecule has 262 valence electrons. The summed E-state index contributed by atoms with van der Waals surface area (Å²) in [5.74, 6) is 0.368. The molecule has 0 N–H and O–H groups in total. The molecule has 0 unspecified atom stereocenters. The smallest absolute Gasteiger partial charge is 0.411 e. The summed E-state index contributed by atoms with van der Waals surface area (Å²) in [6.45, 7) is 13.9. The van der Waals surface area contributed by atoms with Crippen LogP contribution in [0.5, 0.6) is 0 Å². The van der Waals surface area contributed by atoms with Crippen LogP contribution in [0.2, 0.25) is 0 Å². The molecule has 4 saturated heterocycles. The van der Waals surface area contributed by atoms with Crippen molar-refractivity contribution in [2.24, 2.45) is 5.92 Å². The van der Waals surface area contributed by atoms with Crippen molar-refractivity contribution in [3.63, 3.8) is 0 Å². The molecule has 4 aliphatic heterocycles. The third kappa shape index (κ3) is 6.14. The molecule has 1 saturated carbocycles. The molecule has 3 amide bonds. The van der Waals surface area contributed by atoms with Gasteiger partial charge in [-0.05, 0) is 110 Å². The van der Waals surface area contributed by atoms with Gasteiger partial charge in [-0.1, -0.05) is 6.07 Å². The van der Waals surface area contributed by atoms with E-state index in [1.165, 1.54) is 12.1 Å². The summed E-state index contributed by atoms with van der Waals surface area (Å²) in [7, 11) is 0. The van der Waals surface area contributed by atoms with E-state index in [2.05, 4.69) is 36.0 Å². The van der Waals surface area contributed by atoms with Crippen LogP contribution in [0.3, 0.4) is 0 Å². The zero-order valence-electron chi connectivity index (χ0n) is 29.6. The minimum Gasteiger partial charge on any atom is -0.444 e. The van der Waals surface area contributed by atoms with Gasteiger partial charge in [0.05, 0.1) is 23.0 Å². The summed E-state index contributed by atoms with van der Waals surface area (Å²) in [4.78, 5) is 53.9. The van der Waals surface area contributed by atoms with E-state index in [0.717, 1.165) is 61.1 Å². The standard InChI is InChI=1S/C38H49FN6O4/c1-23-7-8-24(2)44(23)35(46)32-19-27(39)11-14-30(32)31-20-29(22-43-25(3)40-21-33(31)43)41-15-17-42(18-16-41)36(47)34-26-9-12-28(13-10-26)45(34)37(48)49-38(4,5)6/h11,14,19-24,26,28,34H,7-10,12-13,15-18H2,1-6H3/t23-,24+,26?,28?,34-/m1/s1. The Bertz CT molecular complexity index is 1760. The first-order valence-corrected chi connectivity index (χ1v) is 18.0. The fourth-order valence-electron chi connectivity index (χ4n) is 8.68. The number of hydrogen-bond acceptors (Lipinski definition) is 6. The molecule has 5 aliphatic rings. The molecule has 1 aliphatic carbocycles. The van der Waals surface area contributed by atoms with Crippen LogP contribution < -0.4 is 4.90 Å². The Morgan fingerprint density at radius 1 is 0.878 bits per heavy atom. The summed E-state index contributed by atoms with van der Waals surface area (Å²) in [6.07, 6.45) is 9.06. The number of imidazole rings is 1. The van der Waals surface area contributed by atoms with E-state index >= 15 is 0 Å². The van der Waals surface area contributed by atoms with Crippen LogP contribution in [-0.4, -0.2) is 97.9 Å². The number of fused-ring (bicyclic) bond motifs is 4. The Morgan fingerprint density at radius 2 is 1.55 bits per heavy atom. The number of benzene rings is 1. The molecular formula is C38H49FN6O4. The van der Waals surface area contributed by atoms with Crippen molar-refractivity contribution in [3.05, 3.63) is 53.9 Å². The molecule has 0 radical (unpaired) electrons. The van der Waals surface area contributed by atoms with Gasteiger partial charge in [0, 0.05) is 56.1 Å². The molecule has 6 heterocycles. The first-order chi connectivity index (χ1) is 23.3. The second-order valence-corrected chi connectivity index (χ2v) is 15.6. The van der Waals surface area contributed by atoms with E-state index < -0.39 is 17.5 Å². The van der Waals surface area contributed by atoms with Crippen molar-refractivity contribution in [1.29, 1.82) is 0 Å². The Kier molecular flexibility index (Phi) is 8.59. The van der Waals surface area contributed by atoms with Gasteiger partial charge in [0.1, 0.15) is 23.3 Å². The highest BCUT2D eigenvalue weighted by molar-refractivity contribution is 6.03. The number of amides is 3. The van der Waals surface area contributed by atoms with Gasteiger partial charge in [-0.3, -0.25) is 14.5 Å². The minimum atomic E-state index is -0.631. The molecule has 3 aromatic rings. The number of carbonyl (C=O) groups is 3. The number of halogens is 1. The molecule has 8 rings (SSSR count). The summed E-state index contributed by atoms with van der Waals surface area (Å²) >= 11 is 0. The Balaban J connectivity index is 1.15. The largest absolute Gasteiger partial charge is 0.444 e. The number of carbonyl (C=O) groups excluding carboxylic acids is 3. The van der Waals surface area contributed by atoms with Gasteiger partial charge in [-0.25, -0.2) is 14.2 Å². The number of ether oxygens (including phenoxy) is 1. The number of hydrogen-bond donors (Lipinski definition) is 0. The van der Waals surface area contributed by atoms with E-state index in [4.69, 9.17) is 4.74 Å². The average molecular weight is 673 g/mol. The molecule has 11 heteroatoms. The van der Waals surface area contributed by atoms with E-state index in [0.29, 0.717) is 37.3 Å². The SMILES string of the molecule is Cc1ncc2c(-c3ccc(F)cc3C(=O)N3[C@H](C)CC[C@@H]3C)cc(N3CCN(C(=O)[C@H]4C5CCC(CC5)N4C(=O)OC(C)(C)C)CC3)cn12. The van der Waals surface area contributed by atoms with Gasteiger partial charge >= 0.3 is 6.09 Å². The Morgan fingerprint density at radius 3 is 2.20 bits per heavy atom. The van der Waals surface area contributed by atoms with Crippen molar-refractivity contribution in [2.75, 3.05) is 31.1 Å². The number of anilines is 1. The lowest BCUT2D eigenvalue weighted by molar-refractivity contribution is -0.146. The van der Waals surface area contributed by atoms with Crippen LogP contribution in [0.15, 0.2) is 36.7 Å². The fourth-order valence-corrected chi connectivity index (χ4v) is 8.68. The number of piperazine rings is 1. The summed E-state index contributed by atoms with van der Waals surface area (Å²) in [5, 5.41) is 0. The third-order valence-electron chi connectivity index (χ3n) is 11.2. The zero-order valence-corrected chi connectivity index (χ0v) is 29.6. The molecule has 1 aromatic carbocycles. The second kappa shape index (κ2) is 12.6. The van der Waals surface area contributed by atoms with E-state index in [1.807, 2.05) is 41.9 Å². The topological polar surface area (TPSA) is 90.7 Å². The number of aromatic nitrogens is 2. The molecule has 2 bridgehead atoms. The maximum Gasteiger partial charge on any atom is 0.411 e. The molecule has 5 fully saturated rings. The summed E-state index contributed by atoms with van der Waals surface area (Å²) in [6, 6.07) is 6.28. The zero-order chi connectivity index (χ0) is 34.8. The lowest BCUT2D eigenvalue weighted by atomic mass is 9.74. The van der Waals surface area contributed by atoms with Crippen LogP contribution in [0.4, 0.5) is 14.9 Å². The van der Waals surface area contributed by atoms with Crippen LogP contribution in [0, 0.1) is 18.7 Å². The number of likely N-dealkylation sites (tertiary alicyclic amines) is 1. The highest BCUT2D eigenvalue weighted by atomic mass is 19.1. The van der Waals surface area contributed by atoms with E-state index in [9.17, 15) is 18.8 Å². The van der Waals surface area contributed by atoms with Gasteiger partial charge in [0.25, 0.3) is 5.91 Å². The molecular weight excluding hydrogens is 623 g/mol. The van der Waals surface area contributed by atoms with Crippen LogP contribution >= 0.6 is 0 Å². The van der Waals surface area contributed by atoms with Crippen LogP contribution in [-0.2, 0) is 9.53 Å². The third-order valence-corrected chi connectivity index (χ3v) is 11.2. The van der Waals surface area contributed by atoms with Crippen molar-refractivity contribution < 1.29 is 23.5 Å². The maximum absolute atomic E-state index is 14.8. The molecule has 2 aromatic heterocycles. The number of pyridine rings is 1. The predicted octanol–water partition coefficient (Wildman–Crippen LogP) is 6.29. The number of nitrogens with zero attached hydrogens (tertiary/aromatic N) is 6. The Hall–Kier alpha value is -4.15. The number of aryl methyl sites for hydroxylation is 1. The Labute approximate surface area is 288 Å². The number of rotatable bonds is 4. The fraction of sp³-hybridized carbons (Fsp3) is 0.579. The molecule has 0 spiro atoms. The first-order valence-electron chi connectivity index (χ1n) is 18.0. The van der Waals surface area contributed by atoms with Gasteiger partial charge in [-0.2, -0.15) is 0 Å². The van der Waals surface area contributed by atoms with Crippen molar-refractivity contribution in [1.82, 2.24) is 24.1 Å². The average Bonchev–Trinajstić information content (AvgIpc) is 3.63. The van der Waals surface area contributed by atoms with Crippen molar-refractivity contribution in [2.45, 2.75) is 110 Å². The lowest BCUT2D eigenvalue weighted by Gasteiger charge is -2.51. The maximum atomic E-state index is 14.8. The number of piperidine rings is 2. The van der Waals surface area contributed by atoms with Crippen LogP contribution in [0.1, 0.15) is 89.3 Å². The van der Waals surface area contributed by atoms with Gasteiger partial charge < -0.3 is 23.8 Å². The summed E-state index contributed by atoms with van der Waals surface area (Å²) in [5.41, 5.74) is 2.98. The van der Waals surface area contributed by atoms with Gasteiger partial charge in [-0.15, -0.1) is 0 Å². The second-order valence-electron chi connectivity index (χ2n) is 15.6. The van der Waals surface area contributed by atoms with Gasteiger partial charge in [0.2, 0.25) is 5.91 Å². The van der Waals surface area contributed by atoms with Crippen molar-refractivity contribution in [3.8, 4) is 11.1 Å². The minimum absolute atomic E-state index is 0.0151. The van der Waals surface area contributed by atoms with Gasteiger partial charge in [0.15, 0.2) is 0 Å². The molecule has 49 heavy (non-hydrogen) atoms.